The molecule has 2 aromatic carbocycles. The van der Waals surface area contributed by atoms with Crippen LogP contribution in [0.3, 0.4) is 0 Å². The Kier molecular flexibility index (Phi) is 4.40. The van der Waals surface area contributed by atoms with Crippen molar-refractivity contribution in [3.05, 3.63) is 58.1 Å². The van der Waals surface area contributed by atoms with Crippen LogP contribution in [-0.2, 0) is 5.33 Å². The number of benzene rings is 2. The van der Waals surface area contributed by atoms with Gasteiger partial charge in [0.1, 0.15) is 17.6 Å². The van der Waals surface area contributed by atoms with E-state index in [-0.39, 0.29) is 0 Å². The average Bonchev–Trinajstić information content (AvgIpc) is 2.41. The van der Waals surface area contributed by atoms with E-state index in [9.17, 15) is 0 Å². The standard InChI is InChI=1S/C14H9Br2NO/c15-8-11-7-12(16)5-6-14(11)18-13-4-2-1-3-10(13)9-17/h1-7H,8H2. The van der Waals surface area contributed by atoms with Gasteiger partial charge in [-0.25, -0.2) is 0 Å². The third-order valence-electron chi connectivity index (χ3n) is 2.39. The minimum Gasteiger partial charge on any atom is -0.456 e. The molecule has 0 heterocycles. The van der Waals surface area contributed by atoms with Crippen molar-refractivity contribution >= 4 is 31.9 Å². The number of alkyl halides is 1. The zero-order valence-corrected chi connectivity index (χ0v) is 12.5. The van der Waals surface area contributed by atoms with E-state index in [1.165, 1.54) is 0 Å². The Morgan fingerprint density at radius 2 is 1.89 bits per heavy atom. The SMILES string of the molecule is N#Cc1ccccc1Oc1ccc(Br)cc1CBr. The molecule has 0 aliphatic carbocycles. The summed E-state index contributed by atoms with van der Waals surface area (Å²) in [7, 11) is 0. The van der Waals surface area contributed by atoms with E-state index >= 15 is 0 Å². The number of hydrogen-bond donors (Lipinski definition) is 0. The summed E-state index contributed by atoms with van der Waals surface area (Å²) in [4.78, 5) is 0. The average molecular weight is 367 g/mol. The lowest BCUT2D eigenvalue weighted by molar-refractivity contribution is 0.477. The maximum absolute atomic E-state index is 9.02. The van der Waals surface area contributed by atoms with E-state index in [1.807, 2.05) is 30.3 Å². The Morgan fingerprint density at radius 3 is 2.61 bits per heavy atom. The summed E-state index contributed by atoms with van der Waals surface area (Å²) in [6, 6.07) is 15.1. The Hall–Kier alpha value is -1.31. The highest BCUT2D eigenvalue weighted by Gasteiger charge is 2.07. The molecule has 0 spiro atoms. The molecule has 0 radical (unpaired) electrons. The van der Waals surface area contributed by atoms with Gasteiger partial charge in [0, 0.05) is 15.4 Å². The second-order valence-electron chi connectivity index (χ2n) is 3.60. The first-order valence-electron chi connectivity index (χ1n) is 5.26. The molecule has 0 amide bonds. The van der Waals surface area contributed by atoms with Gasteiger partial charge in [0.25, 0.3) is 0 Å². The fourth-order valence-electron chi connectivity index (χ4n) is 1.52. The van der Waals surface area contributed by atoms with Crippen molar-refractivity contribution in [1.82, 2.24) is 0 Å². The van der Waals surface area contributed by atoms with Gasteiger partial charge in [-0.3, -0.25) is 0 Å². The largest absolute Gasteiger partial charge is 0.456 e. The predicted molar refractivity (Wildman–Crippen MR) is 78.0 cm³/mol. The Labute approximate surface area is 122 Å². The number of hydrogen-bond acceptors (Lipinski definition) is 2. The van der Waals surface area contributed by atoms with Gasteiger partial charge >= 0.3 is 0 Å². The predicted octanol–water partition coefficient (Wildman–Crippen LogP) is 5.01. The normalized spacial score (nSPS) is 9.83. The van der Waals surface area contributed by atoms with Crippen LogP contribution in [0.25, 0.3) is 0 Å². The molecule has 0 saturated heterocycles. The van der Waals surface area contributed by atoms with Gasteiger partial charge in [-0.05, 0) is 30.3 Å². The van der Waals surface area contributed by atoms with Crippen molar-refractivity contribution in [2.75, 3.05) is 0 Å². The van der Waals surface area contributed by atoms with Crippen LogP contribution < -0.4 is 4.74 Å². The number of nitriles is 1. The summed E-state index contributed by atoms with van der Waals surface area (Å²) in [5.74, 6) is 1.32. The van der Waals surface area contributed by atoms with Gasteiger partial charge in [0.05, 0.1) is 5.56 Å². The van der Waals surface area contributed by atoms with Crippen LogP contribution in [0.4, 0.5) is 0 Å². The van der Waals surface area contributed by atoms with Crippen LogP contribution in [-0.4, -0.2) is 0 Å². The van der Waals surface area contributed by atoms with E-state index in [1.54, 1.807) is 12.1 Å². The Bertz CT molecular complexity index is 605. The molecule has 0 fully saturated rings. The van der Waals surface area contributed by atoms with E-state index < -0.39 is 0 Å². The smallest absolute Gasteiger partial charge is 0.145 e. The number of para-hydroxylation sites is 1. The summed E-state index contributed by atoms with van der Waals surface area (Å²) in [6.45, 7) is 0. The monoisotopic (exact) mass is 365 g/mol. The van der Waals surface area contributed by atoms with E-state index in [0.29, 0.717) is 16.6 Å². The second kappa shape index (κ2) is 6.03. The summed E-state index contributed by atoms with van der Waals surface area (Å²) in [6.07, 6.45) is 0. The van der Waals surface area contributed by atoms with Crippen molar-refractivity contribution in [3.8, 4) is 17.6 Å². The van der Waals surface area contributed by atoms with Crippen LogP contribution >= 0.6 is 31.9 Å². The zero-order chi connectivity index (χ0) is 13.0. The van der Waals surface area contributed by atoms with Gasteiger partial charge in [0.2, 0.25) is 0 Å². The molecule has 2 rings (SSSR count). The molecule has 0 aromatic heterocycles. The van der Waals surface area contributed by atoms with Crippen molar-refractivity contribution in [3.63, 3.8) is 0 Å². The molecule has 2 nitrogen and oxygen atoms in total. The molecule has 0 aliphatic heterocycles. The van der Waals surface area contributed by atoms with E-state index in [2.05, 4.69) is 37.9 Å². The van der Waals surface area contributed by atoms with Crippen molar-refractivity contribution < 1.29 is 4.74 Å². The Balaban J connectivity index is 2.37. The van der Waals surface area contributed by atoms with Crippen molar-refractivity contribution in [1.29, 1.82) is 5.26 Å². The van der Waals surface area contributed by atoms with Crippen LogP contribution in [0.15, 0.2) is 46.9 Å². The van der Waals surface area contributed by atoms with Crippen LogP contribution in [0.5, 0.6) is 11.5 Å². The molecule has 90 valence electrons. The third kappa shape index (κ3) is 2.92. The first kappa shape index (κ1) is 13.1. The summed E-state index contributed by atoms with van der Waals surface area (Å²) in [5, 5.41) is 9.71. The van der Waals surface area contributed by atoms with Crippen LogP contribution in [0.2, 0.25) is 0 Å². The van der Waals surface area contributed by atoms with Gasteiger partial charge in [0.15, 0.2) is 0 Å². The number of halogens is 2. The van der Waals surface area contributed by atoms with Gasteiger partial charge < -0.3 is 4.74 Å². The molecular formula is C14H9Br2NO. The molecule has 0 atom stereocenters. The molecule has 4 heteroatoms. The summed E-state index contributed by atoms with van der Waals surface area (Å²) >= 11 is 6.85. The fourth-order valence-corrected chi connectivity index (χ4v) is 2.37. The number of nitrogens with zero attached hydrogens (tertiary/aromatic N) is 1. The Morgan fingerprint density at radius 1 is 1.11 bits per heavy atom. The first-order chi connectivity index (χ1) is 8.74. The van der Waals surface area contributed by atoms with Gasteiger partial charge in [-0.2, -0.15) is 5.26 Å². The molecule has 0 N–H and O–H groups in total. The molecule has 0 bridgehead atoms. The maximum atomic E-state index is 9.02. The second-order valence-corrected chi connectivity index (χ2v) is 5.07. The highest BCUT2D eigenvalue weighted by Crippen LogP contribution is 2.31. The van der Waals surface area contributed by atoms with Crippen LogP contribution in [0.1, 0.15) is 11.1 Å². The van der Waals surface area contributed by atoms with Gasteiger partial charge in [-0.1, -0.05) is 44.0 Å². The molecule has 0 saturated carbocycles. The highest BCUT2D eigenvalue weighted by molar-refractivity contribution is 9.10. The highest BCUT2D eigenvalue weighted by atomic mass is 79.9. The lowest BCUT2D eigenvalue weighted by Crippen LogP contribution is -1.91. The zero-order valence-electron chi connectivity index (χ0n) is 9.36. The molecular weight excluding hydrogens is 358 g/mol. The molecule has 0 aliphatic rings. The van der Waals surface area contributed by atoms with Crippen molar-refractivity contribution in [2.45, 2.75) is 5.33 Å². The van der Waals surface area contributed by atoms with Crippen LogP contribution in [0, 0.1) is 11.3 Å². The molecule has 18 heavy (non-hydrogen) atoms. The first-order valence-corrected chi connectivity index (χ1v) is 7.17. The number of rotatable bonds is 3. The van der Waals surface area contributed by atoms with Gasteiger partial charge in [-0.15, -0.1) is 0 Å². The van der Waals surface area contributed by atoms with E-state index in [4.69, 9.17) is 10.00 Å². The minimum absolute atomic E-state index is 0.529. The van der Waals surface area contributed by atoms with E-state index in [0.717, 1.165) is 15.8 Å². The summed E-state index contributed by atoms with van der Waals surface area (Å²) < 4.78 is 6.80. The third-order valence-corrected chi connectivity index (χ3v) is 3.49. The van der Waals surface area contributed by atoms with Crippen molar-refractivity contribution in [2.24, 2.45) is 0 Å². The maximum Gasteiger partial charge on any atom is 0.145 e. The molecule has 0 unspecified atom stereocenters. The quantitative estimate of drug-likeness (QED) is 0.715. The molecule has 2 aromatic rings. The topological polar surface area (TPSA) is 33.0 Å². The lowest BCUT2D eigenvalue weighted by atomic mass is 10.2. The minimum atomic E-state index is 0.529. The fraction of sp³-hybridized carbons (Fsp3) is 0.0714. The summed E-state index contributed by atoms with van der Waals surface area (Å²) in [5.41, 5.74) is 1.55. The number of ether oxygens (including phenoxy) is 1. The lowest BCUT2D eigenvalue weighted by Gasteiger charge is -2.11.